The molecule has 4 heteroatoms. The monoisotopic (exact) mass is 364 g/mol. The van der Waals surface area contributed by atoms with Crippen LogP contribution in [0.4, 0.5) is 11.4 Å². The highest BCUT2D eigenvalue weighted by Gasteiger charge is 2.13. The van der Waals surface area contributed by atoms with E-state index >= 15 is 0 Å². The Morgan fingerprint density at radius 2 is 2.14 bits per heavy atom. The molecule has 2 aromatic rings. The van der Waals surface area contributed by atoms with Crippen LogP contribution in [0.2, 0.25) is 5.02 Å². The molecule has 0 atom stereocenters. The highest BCUT2D eigenvalue weighted by atomic mass is 79.9. The molecule has 0 aromatic heterocycles. The molecule has 0 unspecified atom stereocenters. The molecule has 0 fully saturated rings. The molecule has 0 amide bonds. The van der Waals surface area contributed by atoms with Gasteiger partial charge in [-0.25, -0.2) is 0 Å². The fourth-order valence-electron chi connectivity index (χ4n) is 2.79. The van der Waals surface area contributed by atoms with Gasteiger partial charge in [-0.3, -0.25) is 0 Å². The molecule has 0 spiro atoms. The predicted molar refractivity (Wildman–Crippen MR) is 94.5 cm³/mol. The van der Waals surface area contributed by atoms with Crippen molar-refractivity contribution in [1.29, 1.82) is 0 Å². The summed E-state index contributed by atoms with van der Waals surface area (Å²) < 4.78 is 0.921. The van der Waals surface area contributed by atoms with E-state index in [-0.39, 0.29) is 0 Å². The maximum atomic E-state index is 6.11. The summed E-state index contributed by atoms with van der Waals surface area (Å²) in [5.74, 6) is 0. The first-order chi connectivity index (χ1) is 10.1. The topological polar surface area (TPSA) is 15.3 Å². The van der Waals surface area contributed by atoms with Crippen LogP contribution in [-0.4, -0.2) is 13.6 Å². The lowest BCUT2D eigenvalue weighted by atomic mass is 9.99. The Labute approximate surface area is 139 Å². The number of nitrogens with one attached hydrogen (secondary N) is 1. The molecule has 0 radical (unpaired) electrons. The van der Waals surface area contributed by atoms with Gasteiger partial charge in [0.25, 0.3) is 0 Å². The smallest absolute Gasteiger partial charge is 0.0593 e. The van der Waals surface area contributed by atoms with Gasteiger partial charge >= 0.3 is 0 Å². The predicted octanol–water partition coefficient (Wildman–Crippen LogP) is 5.10. The van der Waals surface area contributed by atoms with E-state index in [1.54, 1.807) is 0 Å². The second-order valence-electron chi connectivity index (χ2n) is 5.44. The van der Waals surface area contributed by atoms with Crippen molar-refractivity contribution in [1.82, 2.24) is 0 Å². The Balaban J connectivity index is 1.75. The molecule has 2 nitrogen and oxygen atoms in total. The van der Waals surface area contributed by atoms with Gasteiger partial charge in [0.15, 0.2) is 0 Å². The zero-order valence-electron chi connectivity index (χ0n) is 12.0. The average Bonchev–Trinajstić information content (AvgIpc) is 2.49. The number of hydrogen-bond donors (Lipinski definition) is 1. The van der Waals surface area contributed by atoms with Gasteiger partial charge < -0.3 is 10.2 Å². The summed E-state index contributed by atoms with van der Waals surface area (Å²) in [5.41, 5.74) is 5.15. The van der Waals surface area contributed by atoms with Crippen molar-refractivity contribution in [2.24, 2.45) is 0 Å². The summed E-state index contributed by atoms with van der Waals surface area (Å²) in [5, 5.41) is 4.17. The first-order valence-corrected chi connectivity index (χ1v) is 8.33. The number of fused-ring (bicyclic) bond motifs is 1. The van der Waals surface area contributed by atoms with Crippen LogP contribution in [0, 0.1) is 0 Å². The Bertz CT molecular complexity index is 657. The third-order valence-electron chi connectivity index (χ3n) is 3.93. The summed E-state index contributed by atoms with van der Waals surface area (Å²) in [6.07, 6.45) is 2.41. The molecule has 110 valence electrons. The van der Waals surface area contributed by atoms with Crippen LogP contribution in [0.15, 0.2) is 40.9 Å². The maximum absolute atomic E-state index is 6.11. The molecule has 1 aliphatic rings. The molecule has 1 heterocycles. The van der Waals surface area contributed by atoms with Crippen LogP contribution >= 0.6 is 27.5 Å². The molecule has 1 N–H and O–H groups in total. The molecule has 3 rings (SSSR count). The number of hydrogen-bond acceptors (Lipinski definition) is 2. The van der Waals surface area contributed by atoms with Gasteiger partial charge in [0.2, 0.25) is 0 Å². The molecule has 2 aromatic carbocycles. The van der Waals surface area contributed by atoms with Gasteiger partial charge in [0.05, 0.1) is 15.2 Å². The van der Waals surface area contributed by atoms with E-state index in [1.807, 2.05) is 18.2 Å². The minimum Gasteiger partial charge on any atom is -0.380 e. The Hall–Kier alpha value is -1.19. The number of nitrogens with zero attached hydrogens (tertiary/aromatic N) is 1. The van der Waals surface area contributed by atoms with Gasteiger partial charge in [0, 0.05) is 25.8 Å². The third kappa shape index (κ3) is 3.19. The fraction of sp³-hybridized carbons (Fsp3) is 0.294. The highest BCUT2D eigenvalue weighted by Crippen LogP contribution is 2.31. The minimum absolute atomic E-state index is 0.729. The number of benzene rings is 2. The standard InChI is InChI=1S/C17H18BrClN2/c1-21-9-3-4-13-10-12(7-8-16(13)21)11-20-15-6-2-5-14(19)17(15)18/h2,5-8,10,20H,3-4,9,11H2,1H3. The highest BCUT2D eigenvalue weighted by molar-refractivity contribution is 9.10. The summed E-state index contributed by atoms with van der Waals surface area (Å²) in [6, 6.07) is 12.6. The normalized spacial score (nSPS) is 14.0. The van der Waals surface area contributed by atoms with E-state index < -0.39 is 0 Å². The van der Waals surface area contributed by atoms with Gasteiger partial charge in [-0.05, 0) is 58.1 Å². The van der Waals surface area contributed by atoms with Gasteiger partial charge in [-0.1, -0.05) is 29.8 Å². The maximum Gasteiger partial charge on any atom is 0.0593 e. The lowest BCUT2D eigenvalue weighted by Crippen LogP contribution is -2.24. The van der Waals surface area contributed by atoms with Gasteiger partial charge in [-0.15, -0.1) is 0 Å². The van der Waals surface area contributed by atoms with E-state index in [2.05, 4.69) is 51.4 Å². The van der Waals surface area contributed by atoms with Crippen molar-refractivity contribution in [3.05, 3.63) is 57.0 Å². The summed E-state index contributed by atoms with van der Waals surface area (Å²) >= 11 is 9.63. The molecule has 0 bridgehead atoms. The van der Waals surface area contributed by atoms with E-state index in [0.29, 0.717) is 0 Å². The van der Waals surface area contributed by atoms with Crippen LogP contribution in [0.3, 0.4) is 0 Å². The Morgan fingerprint density at radius 3 is 3.00 bits per heavy atom. The second kappa shape index (κ2) is 6.29. The Morgan fingerprint density at radius 1 is 1.29 bits per heavy atom. The van der Waals surface area contributed by atoms with Crippen molar-refractivity contribution in [3.8, 4) is 0 Å². The summed E-state index contributed by atoms with van der Waals surface area (Å²) in [6.45, 7) is 1.95. The lowest BCUT2D eigenvalue weighted by Gasteiger charge is -2.28. The van der Waals surface area contributed by atoms with Crippen LogP contribution in [-0.2, 0) is 13.0 Å². The van der Waals surface area contributed by atoms with E-state index in [0.717, 1.165) is 28.3 Å². The van der Waals surface area contributed by atoms with E-state index in [1.165, 1.54) is 29.7 Å². The third-order valence-corrected chi connectivity index (χ3v) is 5.33. The van der Waals surface area contributed by atoms with Crippen LogP contribution in [0.5, 0.6) is 0 Å². The lowest BCUT2D eigenvalue weighted by molar-refractivity contribution is 0.743. The zero-order chi connectivity index (χ0) is 14.8. The van der Waals surface area contributed by atoms with E-state index in [4.69, 9.17) is 11.6 Å². The van der Waals surface area contributed by atoms with Crippen molar-refractivity contribution >= 4 is 38.9 Å². The van der Waals surface area contributed by atoms with Crippen LogP contribution in [0.1, 0.15) is 17.5 Å². The quantitative estimate of drug-likeness (QED) is 0.814. The first kappa shape index (κ1) is 14.7. The second-order valence-corrected chi connectivity index (χ2v) is 6.64. The molecule has 0 saturated carbocycles. The molecular weight excluding hydrogens is 348 g/mol. The largest absolute Gasteiger partial charge is 0.380 e. The summed E-state index contributed by atoms with van der Waals surface area (Å²) in [7, 11) is 2.17. The number of aryl methyl sites for hydroxylation is 1. The van der Waals surface area contributed by atoms with Crippen molar-refractivity contribution < 1.29 is 0 Å². The number of rotatable bonds is 3. The molecular formula is C17H18BrClN2. The first-order valence-electron chi connectivity index (χ1n) is 7.16. The van der Waals surface area contributed by atoms with Crippen molar-refractivity contribution in [3.63, 3.8) is 0 Å². The SMILES string of the molecule is CN1CCCc2cc(CNc3cccc(Cl)c3Br)ccc21. The minimum atomic E-state index is 0.729. The van der Waals surface area contributed by atoms with Crippen LogP contribution < -0.4 is 10.2 Å². The Kier molecular flexibility index (Phi) is 4.41. The van der Waals surface area contributed by atoms with Gasteiger partial charge in [0.1, 0.15) is 0 Å². The van der Waals surface area contributed by atoms with Crippen molar-refractivity contribution in [2.75, 3.05) is 23.8 Å². The number of anilines is 2. The van der Waals surface area contributed by atoms with E-state index in [9.17, 15) is 0 Å². The summed E-state index contributed by atoms with van der Waals surface area (Å²) in [4.78, 5) is 2.34. The molecule has 0 saturated heterocycles. The zero-order valence-corrected chi connectivity index (χ0v) is 14.3. The molecule has 21 heavy (non-hydrogen) atoms. The van der Waals surface area contributed by atoms with Crippen molar-refractivity contribution in [2.45, 2.75) is 19.4 Å². The van der Waals surface area contributed by atoms with Gasteiger partial charge in [-0.2, -0.15) is 0 Å². The fourth-order valence-corrected chi connectivity index (χ4v) is 3.37. The molecule has 0 aliphatic carbocycles. The molecule has 1 aliphatic heterocycles. The average molecular weight is 366 g/mol. The number of halogens is 2. The van der Waals surface area contributed by atoms with Crippen LogP contribution in [0.25, 0.3) is 0 Å².